The van der Waals surface area contributed by atoms with Crippen molar-refractivity contribution in [2.24, 2.45) is 0 Å². The van der Waals surface area contributed by atoms with Crippen molar-refractivity contribution < 1.29 is 23.5 Å². The Morgan fingerprint density at radius 3 is 2.78 bits per heavy atom. The van der Waals surface area contributed by atoms with Gasteiger partial charge in [0.25, 0.3) is 0 Å². The molecule has 1 saturated heterocycles. The van der Waals surface area contributed by atoms with E-state index in [2.05, 4.69) is 20.9 Å². The zero-order valence-electron chi connectivity index (χ0n) is 23.0. The zero-order chi connectivity index (χ0) is 29.4. The number of halogens is 2. The average molecular weight is 585 g/mol. The van der Waals surface area contributed by atoms with Crippen LogP contribution in [0.25, 0.3) is 10.8 Å². The van der Waals surface area contributed by atoms with E-state index in [1.807, 2.05) is 31.2 Å². The number of aromatic nitrogens is 1. The van der Waals surface area contributed by atoms with Crippen LogP contribution in [0.3, 0.4) is 0 Å². The standard InChI is InChI=1S/C29H34ClFN6O4/c1-19-17-37(13-12-32-19)26(38)11-10-23(36(2)28(39)34-16-22-8-5-9-24(31)27(22)30)18-41-29(40)35-25-14-20-6-3-4-7-21(20)15-33-25/h3-9,14-15,19,23,32H,10-13,16-18H2,1-2H3,(H,34,39)(H,33,35,40)/t19-,23+/m1/s1. The first-order chi connectivity index (χ1) is 19.7. The number of piperazine rings is 1. The van der Waals surface area contributed by atoms with Gasteiger partial charge < -0.3 is 25.2 Å². The summed E-state index contributed by atoms with van der Waals surface area (Å²) in [4.78, 5) is 46.0. The Morgan fingerprint density at radius 1 is 1.22 bits per heavy atom. The van der Waals surface area contributed by atoms with E-state index >= 15 is 0 Å². The number of benzene rings is 2. The molecule has 3 aromatic rings. The highest BCUT2D eigenvalue weighted by atomic mass is 35.5. The SMILES string of the molecule is C[C@@H]1CN(C(=O)CC[C@@H](COC(=O)Nc2cc3ccccc3cn2)N(C)C(=O)NCc2cccc(F)c2Cl)CCN1. The summed E-state index contributed by atoms with van der Waals surface area (Å²) in [5.74, 6) is -0.287. The second-order valence-corrected chi connectivity index (χ2v) is 10.4. The van der Waals surface area contributed by atoms with E-state index in [1.165, 1.54) is 17.0 Å². The lowest BCUT2D eigenvalue weighted by Crippen LogP contribution is -2.51. The predicted octanol–water partition coefficient (Wildman–Crippen LogP) is 4.39. The highest BCUT2D eigenvalue weighted by Crippen LogP contribution is 2.20. The average Bonchev–Trinajstić information content (AvgIpc) is 2.97. The smallest absolute Gasteiger partial charge is 0.412 e. The molecule has 4 rings (SSSR count). The molecular formula is C29H34ClFN6O4. The lowest BCUT2D eigenvalue weighted by molar-refractivity contribution is -0.132. The third-order valence-electron chi connectivity index (χ3n) is 7.01. The minimum atomic E-state index is -0.736. The van der Waals surface area contributed by atoms with Gasteiger partial charge in [-0.3, -0.25) is 10.1 Å². The lowest BCUT2D eigenvalue weighted by Gasteiger charge is -2.33. The van der Waals surface area contributed by atoms with Crippen molar-refractivity contribution in [3.05, 3.63) is 71.1 Å². The van der Waals surface area contributed by atoms with E-state index in [1.54, 1.807) is 30.3 Å². The molecule has 1 aromatic heterocycles. The predicted molar refractivity (Wildman–Crippen MR) is 155 cm³/mol. The maximum Gasteiger partial charge on any atom is 0.412 e. The summed E-state index contributed by atoms with van der Waals surface area (Å²) in [6.07, 6.45) is 1.35. The second-order valence-electron chi connectivity index (χ2n) is 10.0. The van der Waals surface area contributed by atoms with Crippen LogP contribution in [-0.4, -0.2) is 78.2 Å². The first-order valence-electron chi connectivity index (χ1n) is 13.4. The molecule has 0 radical (unpaired) electrons. The Kier molecular flexibility index (Phi) is 10.3. The Hall–Kier alpha value is -3.96. The number of nitrogens with zero attached hydrogens (tertiary/aromatic N) is 3. The van der Waals surface area contributed by atoms with Crippen molar-refractivity contribution in [1.29, 1.82) is 0 Å². The third-order valence-corrected chi connectivity index (χ3v) is 7.43. The number of carbonyl (C=O) groups is 3. The molecule has 1 aliphatic heterocycles. The van der Waals surface area contributed by atoms with Crippen LogP contribution in [0, 0.1) is 5.82 Å². The summed E-state index contributed by atoms with van der Waals surface area (Å²) in [6, 6.07) is 12.8. The summed E-state index contributed by atoms with van der Waals surface area (Å²) in [7, 11) is 1.55. The number of fused-ring (bicyclic) bond motifs is 1. The molecule has 2 atom stereocenters. The lowest BCUT2D eigenvalue weighted by atomic mass is 10.1. The summed E-state index contributed by atoms with van der Waals surface area (Å²) in [6.45, 7) is 3.78. The fraction of sp³-hybridized carbons (Fsp3) is 0.379. The fourth-order valence-electron chi connectivity index (χ4n) is 4.61. The van der Waals surface area contributed by atoms with E-state index in [4.69, 9.17) is 16.3 Å². The van der Waals surface area contributed by atoms with Gasteiger partial charge in [-0.05, 0) is 36.4 Å². The van der Waals surface area contributed by atoms with Crippen LogP contribution in [0.15, 0.2) is 54.7 Å². The summed E-state index contributed by atoms with van der Waals surface area (Å²) in [5.41, 5.74) is 0.423. The molecule has 3 N–H and O–H groups in total. The number of carbonyl (C=O) groups excluding carboxylic acids is 3. The number of urea groups is 1. The molecule has 12 heteroatoms. The molecule has 0 bridgehead atoms. The quantitative estimate of drug-likeness (QED) is 0.344. The van der Waals surface area contributed by atoms with Crippen molar-refractivity contribution in [2.75, 3.05) is 38.6 Å². The van der Waals surface area contributed by atoms with Crippen molar-refractivity contribution >= 4 is 46.2 Å². The van der Waals surface area contributed by atoms with Gasteiger partial charge in [0.05, 0.1) is 11.1 Å². The van der Waals surface area contributed by atoms with Crippen LogP contribution in [-0.2, 0) is 16.1 Å². The highest BCUT2D eigenvalue weighted by molar-refractivity contribution is 6.31. The number of anilines is 1. The number of ether oxygens (including phenoxy) is 1. The van der Waals surface area contributed by atoms with Gasteiger partial charge in [0.2, 0.25) is 5.91 Å². The molecule has 0 unspecified atom stereocenters. The fourth-order valence-corrected chi connectivity index (χ4v) is 4.80. The number of rotatable bonds is 9. The van der Waals surface area contributed by atoms with E-state index in [0.717, 1.165) is 10.8 Å². The second kappa shape index (κ2) is 14.1. The van der Waals surface area contributed by atoms with Gasteiger partial charge in [-0.1, -0.05) is 48.0 Å². The number of nitrogens with one attached hydrogen (secondary N) is 3. The van der Waals surface area contributed by atoms with Gasteiger partial charge in [-0.25, -0.2) is 19.0 Å². The first-order valence-corrected chi connectivity index (χ1v) is 13.8. The van der Waals surface area contributed by atoms with Gasteiger partial charge in [0.15, 0.2) is 0 Å². The van der Waals surface area contributed by atoms with Crippen molar-refractivity contribution in [2.45, 2.75) is 38.4 Å². The van der Waals surface area contributed by atoms with E-state index in [9.17, 15) is 18.8 Å². The molecule has 0 aliphatic carbocycles. The number of likely N-dealkylation sites (N-methyl/N-ethyl adjacent to an activating group) is 1. The molecule has 1 fully saturated rings. The highest BCUT2D eigenvalue weighted by Gasteiger charge is 2.26. The topological polar surface area (TPSA) is 116 Å². The Morgan fingerprint density at radius 2 is 2.00 bits per heavy atom. The normalized spacial score (nSPS) is 15.7. The number of hydrogen-bond donors (Lipinski definition) is 3. The molecule has 41 heavy (non-hydrogen) atoms. The van der Waals surface area contributed by atoms with Gasteiger partial charge >= 0.3 is 12.1 Å². The van der Waals surface area contributed by atoms with E-state index < -0.39 is 24.0 Å². The number of hydrogen-bond acceptors (Lipinski definition) is 6. The van der Waals surface area contributed by atoms with Gasteiger partial charge in [-0.15, -0.1) is 0 Å². The van der Waals surface area contributed by atoms with Crippen LogP contribution in [0.5, 0.6) is 0 Å². The van der Waals surface area contributed by atoms with Crippen LogP contribution in [0.4, 0.5) is 19.8 Å². The molecule has 2 aromatic carbocycles. The Labute approximate surface area is 243 Å². The Balaban J connectivity index is 1.38. The van der Waals surface area contributed by atoms with E-state index in [0.29, 0.717) is 31.0 Å². The molecule has 2 heterocycles. The largest absolute Gasteiger partial charge is 0.447 e. The number of pyridine rings is 1. The number of amides is 4. The van der Waals surface area contributed by atoms with Crippen LogP contribution in [0.1, 0.15) is 25.3 Å². The maximum absolute atomic E-state index is 13.8. The molecule has 218 valence electrons. The molecular weight excluding hydrogens is 551 g/mol. The molecule has 0 spiro atoms. The molecule has 1 aliphatic rings. The minimum Gasteiger partial charge on any atom is -0.447 e. The van der Waals surface area contributed by atoms with Crippen LogP contribution >= 0.6 is 11.6 Å². The summed E-state index contributed by atoms with van der Waals surface area (Å²) >= 11 is 6.01. The zero-order valence-corrected chi connectivity index (χ0v) is 23.8. The van der Waals surface area contributed by atoms with Gasteiger partial charge in [0, 0.05) is 57.3 Å². The molecule has 4 amide bonds. The van der Waals surface area contributed by atoms with Gasteiger partial charge in [-0.2, -0.15) is 0 Å². The molecule has 0 saturated carbocycles. The summed E-state index contributed by atoms with van der Waals surface area (Å²) in [5, 5.41) is 10.4. The van der Waals surface area contributed by atoms with Gasteiger partial charge in [0.1, 0.15) is 18.2 Å². The van der Waals surface area contributed by atoms with Crippen LogP contribution < -0.4 is 16.0 Å². The minimum absolute atomic E-state index is 0.000933. The Bertz CT molecular complexity index is 1390. The maximum atomic E-state index is 13.8. The monoisotopic (exact) mass is 584 g/mol. The van der Waals surface area contributed by atoms with Crippen LogP contribution in [0.2, 0.25) is 5.02 Å². The third kappa shape index (κ3) is 8.27. The first kappa shape index (κ1) is 30.0. The molecule has 10 nitrogen and oxygen atoms in total. The van der Waals surface area contributed by atoms with Crippen molar-refractivity contribution in [3.8, 4) is 0 Å². The summed E-state index contributed by atoms with van der Waals surface area (Å²) < 4.78 is 19.3. The van der Waals surface area contributed by atoms with Crippen molar-refractivity contribution in [1.82, 2.24) is 25.4 Å². The van der Waals surface area contributed by atoms with E-state index in [-0.39, 0.29) is 43.0 Å². The van der Waals surface area contributed by atoms with Crippen molar-refractivity contribution in [3.63, 3.8) is 0 Å².